The molecule has 4 aliphatic carbocycles. The zero-order chi connectivity index (χ0) is 16.7. The van der Waals surface area contributed by atoms with Gasteiger partial charge >= 0.3 is 156 Å². The fraction of sp³-hybridized carbons (Fsp3) is 0.947. The quantitative estimate of drug-likeness (QED) is 0.112. The third kappa shape index (κ3) is 1.95. The van der Waals surface area contributed by atoms with E-state index < -0.39 is 0 Å². The molecule has 1 saturated heterocycles. The number of hydrogen-bond acceptors (Lipinski definition) is 4. The van der Waals surface area contributed by atoms with Gasteiger partial charge in [0.05, 0.1) is 0 Å². The maximum absolute atomic E-state index is 13.1. The van der Waals surface area contributed by atoms with Gasteiger partial charge in [0.15, 0.2) is 0 Å². The summed E-state index contributed by atoms with van der Waals surface area (Å²) in [6.45, 7) is 4.35. The number of halogens is 1. The standard InChI is InChI=1S/C19H30IN2O2/c1-4-18(24-17(23)19(20-22-19)10(2)21-3)9-13-8-14(18)16-12-6-5-11(7-12)15(13)16/h10-16,21-22H,4-9H2,1-3H3/q-1. The first-order valence-corrected chi connectivity index (χ1v) is 12.0. The van der Waals surface area contributed by atoms with E-state index in [1.165, 1.54) is 25.7 Å². The molecular weight excluding hydrogens is 415 g/mol. The molecule has 0 spiro atoms. The van der Waals surface area contributed by atoms with Crippen LogP contribution < -0.4 is 30.3 Å². The molecule has 9 unspecified atom stereocenters. The van der Waals surface area contributed by atoms with Gasteiger partial charge in [0, 0.05) is 0 Å². The minimum absolute atomic E-state index is 0.0475. The topological polar surface area (TPSA) is 60.3 Å². The second-order valence-corrected chi connectivity index (χ2v) is 11.8. The second-order valence-electron chi connectivity index (χ2n) is 9.01. The molecule has 0 aromatic carbocycles. The van der Waals surface area contributed by atoms with Crippen LogP contribution in [0.3, 0.4) is 0 Å². The molecule has 136 valence electrons. The maximum atomic E-state index is 13.1. The summed E-state index contributed by atoms with van der Waals surface area (Å²) < 4.78 is 9.47. The number of likely N-dealkylation sites (N-methyl/N-ethyl adjacent to an activating group) is 1. The third-order valence-corrected chi connectivity index (χ3v) is 11.5. The number of nitrogens with one attached hydrogen (secondary N) is 2. The van der Waals surface area contributed by atoms with Crippen LogP contribution in [0.5, 0.6) is 0 Å². The van der Waals surface area contributed by atoms with Gasteiger partial charge in [0.1, 0.15) is 0 Å². The van der Waals surface area contributed by atoms with Crippen LogP contribution in [0.4, 0.5) is 0 Å². The van der Waals surface area contributed by atoms with E-state index in [2.05, 4.69) is 22.7 Å². The minimum atomic E-state index is -0.369. The van der Waals surface area contributed by atoms with E-state index in [-0.39, 0.29) is 42.6 Å². The van der Waals surface area contributed by atoms with Crippen LogP contribution in [0.15, 0.2) is 0 Å². The number of hydrogen-bond donors (Lipinski definition) is 2. The Labute approximate surface area is 155 Å². The molecule has 0 radical (unpaired) electrons. The number of esters is 1. The van der Waals surface area contributed by atoms with E-state index in [1.807, 2.05) is 7.05 Å². The van der Waals surface area contributed by atoms with Gasteiger partial charge in [-0.05, 0) is 0 Å². The molecule has 0 aromatic heterocycles. The van der Waals surface area contributed by atoms with Crippen molar-refractivity contribution in [3.8, 4) is 0 Å². The summed E-state index contributed by atoms with van der Waals surface area (Å²) in [5.74, 6) is 5.33. The predicted molar refractivity (Wildman–Crippen MR) is 87.5 cm³/mol. The second kappa shape index (κ2) is 5.32. The van der Waals surface area contributed by atoms with Crippen LogP contribution in [0, 0.1) is 35.5 Å². The van der Waals surface area contributed by atoms with Gasteiger partial charge < -0.3 is 0 Å². The van der Waals surface area contributed by atoms with Crippen molar-refractivity contribution >= 4 is 5.97 Å². The molecule has 4 saturated carbocycles. The Morgan fingerprint density at radius 2 is 2.00 bits per heavy atom. The first-order valence-electron chi connectivity index (χ1n) is 9.87. The Hall–Kier alpha value is 0.120. The molecule has 1 aliphatic heterocycles. The average Bonchev–Trinajstić information content (AvgIpc) is 2.95. The molecule has 5 rings (SSSR count). The first kappa shape index (κ1) is 16.3. The van der Waals surface area contributed by atoms with Crippen LogP contribution in [0.1, 0.15) is 52.4 Å². The van der Waals surface area contributed by atoms with Crippen molar-refractivity contribution in [2.24, 2.45) is 35.5 Å². The summed E-state index contributed by atoms with van der Waals surface area (Å²) in [6, 6.07) is 0.167. The summed E-state index contributed by atoms with van der Waals surface area (Å²) in [5.41, 5.74) is -0.151. The van der Waals surface area contributed by atoms with E-state index in [0.717, 1.165) is 42.4 Å². The van der Waals surface area contributed by atoms with Crippen LogP contribution in [0.25, 0.3) is 0 Å². The van der Waals surface area contributed by atoms with Crippen molar-refractivity contribution in [3.05, 3.63) is 0 Å². The van der Waals surface area contributed by atoms with E-state index in [1.54, 1.807) is 0 Å². The van der Waals surface area contributed by atoms with Crippen molar-refractivity contribution in [1.82, 2.24) is 8.85 Å². The number of alkyl halides is 1. The molecule has 5 aliphatic rings. The molecule has 0 amide bonds. The van der Waals surface area contributed by atoms with Crippen molar-refractivity contribution in [3.63, 3.8) is 0 Å². The number of rotatable bonds is 5. The molecule has 9 atom stereocenters. The van der Waals surface area contributed by atoms with Gasteiger partial charge in [-0.2, -0.15) is 0 Å². The van der Waals surface area contributed by atoms with Gasteiger partial charge in [0.25, 0.3) is 0 Å². The zero-order valence-electron chi connectivity index (χ0n) is 15.0. The Morgan fingerprint density at radius 1 is 1.29 bits per heavy atom. The van der Waals surface area contributed by atoms with Gasteiger partial charge in [-0.3, -0.25) is 0 Å². The molecule has 4 nitrogen and oxygen atoms in total. The Morgan fingerprint density at radius 3 is 2.62 bits per heavy atom. The number of carbonyl (C=O) groups excluding carboxylic acids is 1. The van der Waals surface area contributed by atoms with Crippen molar-refractivity contribution in [1.29, 1.82) is 0 Å². The molecule has 5 heteroatoms. The molecule has 24 heavy (non-hydrogen) atoms. The first-order chi connectivity index (χ1) is 11.5. The van der Waals surface area contributed by atoms with Crippen molar-refractivity contribution in [2.45, 2.75) is 67.6 Å². The molecule has 1 heterocycles. The SMILES string of the molecule is CCC1(OC(=O)C2(C(C)NC)N[I-]2)CC2CC1C1C3CCC(C3)C21. The summed E-state index contributed by atoms with van der Waals surface area (Å²) in [5, 5.41) is 3.26. The summed E-state index contributed by atoms with van der Waals surface area (Å²) in [4.78, 5) is 13.1. The zero-order valence-corrected chi connectivity index (χ0v) is 17.1. The van der Waals surface area contributed by atoms with Crippen LogP contribution in [-0.2, 0) is 9.53 Å². The molecular formula is C19H30IN2O2-. The van der Waals surface area contributed by atoms with Gasteiger partial charge in [-0.25, -0.2) is 0 Å². The molecule has 2 N–H and O–H groups in total. The van der Waals surface area contributed by atoms with Crippen LogP contribution >= 0.6 is 0 Å². The fourth-order valence-electron chi connectivity index (χ4n) is 7.22. The fourth-order valence-corrected chi connectivity index (χ4v) is 9.31. The van der Waals surface area contributed by atoms with Gasteiger partial charge in [0.2, 0.25) is 0 Å². The average molecular weight is 445 g/mol. The molecule has 0 aromatic rings. The Kier molecular flexibility index (Phi) is 3.61. The molecule has 5 fully saturated rings. The van der Waals surface area contributed by atoms with Gasteiger partial charge in [-0.15, -0.1) is 0 Å². The molecule has 4 bridgehead atoms. The van der Waals surface area contributed by atoms with E-state index in [9.17, 15) is 4.79 Å². The summed E-state index contributed by atoms with van der Waals surface area (Å²) >= 11 is -0.262. The van der Waals surface area contributed by atoms with E-state index in [4.69, 9.17) is 4.74 Å². The van der Waals surface area contributed by atoms with Gasteiger partial charge in [-0.1, -0.05) is 0 Å². The predicted octanol–water partition coefficient (Wildman–Crippen LogP) is -0.708. The van der Waals surface area contributed by atoms with E-state index >= 15 is 0 Å². The normalized spacial score (nSPS) is 55.1. The monoisotopic (exact) mass is 445 g/mol. The summed E-state index contributed by atoms with van der Waals surface area (Å²) in [6.07, 6.45) is 7.88. The van der Waals surface area contributed by atoms with E-state index in [0.29, 0.717) is 5.92 Å². The number of carbonyl (C=O) groups is 1. The van der Waals surface area contributed by atoms with Crippen LogP contribution in [-0.4, -0.2) is 28.2 Å². The Balaban J connectivity index is 1.38. The van der Waals surface area contributed by atoms with Crippen molar-refractivity contribution < 1.29 is 31.0 Å². The number of fused-ring (bicyclic) bond motifs is 9. The Bertz CT molecular complexity index is 566. The van der Waals surface area contributed by atoms with Crippen LogP contribution in [0.2, 0.25) is 0 Å². The van der Waals surface area contributed by atoms with Crippen molar-refractivity contribution in [2.75, 3.05) is 7.05 Å². The summed E-state index contributed by atoms with van der Waals surface area (Å²) in [7, 11) is 1.94. The number of ether oxygens (including phenoxy) is 1. The third-order valence-electron chi connectivity index (χ3n) is 8.42.